The first-order chi connectivity index (χ1) is 9.33. The van der Waals surface area contributed by atoms with Crippen molar-refractivity contribution in [3.8, 4) is 0 Å². The number of ketones is 1. The molecule has 2 aliphatic rings. The van der Waals surface area contributed by atoms with E-state index in [1.807, 2.05) is 12.1 Å². The molecule has 2 nitrogen and oxygen atoms in total. The minimum Gasteiger partial charge on any atom is -0.385 e. The molecule has 0 aromatic heterocycles. The van der Waals surface area contributed by atoms with E-state index in [0.29, 0.717) is 17.6 Å². The Morgan fingerprint density at radius 2 is 2.11 bits per heavy atom. The van der Waals surface area contributed by atoms with Gasteiger partial charge in [0.2, 0.25) is 0 Å². The van der Waals surface area contributed by atoms with Gasteiger partial charge in [-0.2, -0.15) is 0 Å². The maximum absolute atomic E-state index is 12.6. The quantitative estimate of drug-likeness (QED) is 0.768. The number of hydrogen-bond acceptors (Lipinski definition) is 2. The van der Waals surface area contributed by atoms with Gasteiger partial charge in [0.05, 0.1) is 0 Å². The van der Waals surface area contributed by atoms with E-state index in [-0.39, 0.29) is 5.92 Å². The number of methoxy groups -OCH3 is 1. The Balaban J connectivity index is 1.81. The number of fused-ring (bicyclic) bond motifs is 3. The van der Waals surface area contributed by atoms with Crippen LogP contribution in [0.2, 0.25) is 0 Å². The molecule has 0 heterocycles. The summed E-state index contributed by atoms with van der Waals surface area (Å²) >= 11 is 0. The molecule has 0 spiro atoms. The fourth-order valence-corrected chi connectivity index (χ4v) is 4.07. The van der Waals surface area contributed by atoms with Gasteiger partial charge in [0, 0.05) is 25.2 Å². The van der Waals surface area contributed by atoms with Crippen LogP contribution in [-0.2, 0) is 4.74 Å². The molecule has 1 saturated carbocycles. The monoisotopic (exact) mass is 258 g/mol. The van der Waals surface area contributed by atoms with Crippen molar-refractivity contribution < 1.29 is 9.53 Å². The standard InChI is InChI=1S/C17H22O2/c1-19-11-5-7-12-6-4-10-14-13-8-2-3-9-15(13)17(18)16(12)14/h2-3,8-9,12,14,16H,4-7,10-11H2,1H3/t12?,14-,16-/m0/s1. The number of hydrogen-bond donors (Lipinski definition) is 0. The van der Waals surface area contributed by atoms with Gasteiger partial charge in [-0.25, -0.2) is 0 Å². The number of carbonyl (C=O) groups excluding carboxylic acids is 1. The Hall–Kier alpha value is -1.15. The first-order valence-corrected chi connectivity index (χ1v) is 7.45. The summed E-state index contributed by atoms with van der Waals surface area (Å²) in [5.74, 6) is 1.71. The van der Waals surface area contributed by atoms with Gasteiger partial charge >= 0.3 is 0 Å². The van der Waals surface area contributed by atoms with E-state index >= 15 is 0 Å². The first-order valence-electron chi connectivity index (χ1n) is 7.45. The van der Waals surface area contributed by atoms with Crippen LogP contribution in [0, 0.1) is 11.8 Å². The van der Waals surface area contributed by atoms with Crippen LogP contribution in [-0.4, -0.2) is 19.5 Å². The Morgan fingerprint density at radius 3 is 2.95 bits per heavy atom. The van der Waals surface area contributed by atoms with Gasteiger partial charge in [0.25, 0.3) is 0 Å². The van der Waals surface area contributed by atoms with Crippen LogP contribution in [0.1, 0.15) is 53.9 Å². The van der Waals surface area contributed by atoms with E-state index in [9.17, 15) is 4.79 Å². The Bertz CT molecular complexity index is 466. The number of carbonyl (C=O) groups is 1. The number of ether oxygens (including phenoxy) is 1. The molecule has 0 amide bonds. The van der Waals surface area contributed by atoms with Gasteiger partial charge in [0.15, 0.2) is 5.78 Å². The number of Topliss-reactive ketones (excluding diaryl/α,β-unsaturated/α-hetero) is 1. The third-order valence-corrected chi connectivity index (χ3v) is 4.88. The summed E-state index contributed by atoms with van der Waals surface area (Å²) in [5, 5.41) is 0. The average Bonchev–Trinajstić information content (AvgIpc) is 2.74. The van der Waals surface area contributed by atoms with Gasteiger partial charge in [-0.05, 0) is 43.1 Å². The second kappa shape index (κ2) is 5.46. The Labute approximate surface area is 115 Å². The zero-order chi connectivity index (χ0) is 13.2. The van der Waals surface area contributed by atoms with Crippen molar-refractivity contribution in [2.24, 2.45) is 11.8 Å². The van der Waals surface area contributed by atoms with Crippen molar-refractivity contribution in [3.05, 3.63) is 35.4 Å². The average molecular weight is 258 g/mol. The second-order valence-corrected chi connectivity index (χ2v) is 5.91. The second-order valence-electron chi connectivity index (χ2n) is 5.91. The molecule has 102 valence electrons. The summed E-state index contributed by atoms with van der Waals surface area (Å²) in [4.78, 5) is 12.6. The molecule has 1 aromatic rings. The van der Waals surface area contributed by atoms with Crippen LogP contribution < -0.4 is 0 Å². The molecule has 3 rings (SSSR count). The van der Waals surface area contributed by atoms with E-state index in [1.54, 1.807) is 7.11 Å². The highest BCUT2D eigenvalue weighted by Crippen LogP contribution is 2.50. The molecular weight excluding hydrogens is 236 g/mol. The minimum absolute atomic E-state index is 0.253. The summed E-state index contributed by atoms with van der Waals surface area (Å²) in [6.45, 7) is 0.815. The molecule has 19 heavy (non-hydrogen) atoms. The van der Waals surface area contributed by atoms with Crippen LogP contribution in [0.15, 0.2) is 24.3 Å². The molecule has 2 aliphatic carbocycles. The molecule has 0 N–H and O–H groups in total. The lowest BCUT2D eigenvalue weighted by Crippen LogP contribution is -2.28. The van der Waals surface area contributed by atoms with Crippen LogP contribution in [0.5, 0.6) is 0 Å². The largest absolute Gasteiger partial charge is 0.385 e. The molecule has 1 fully saturated rings. The molecule has 0 saturated heterocycles. The van der Waals surface area contributed by atoms with E-state index in [0.717, 1.165) is 25.0 Å². The summed E-state index contributed by atoms with van der Waals surface area (Å²) in [5.41, 5.74) is 2.31. The highest BCUT2D eigenvalue weighted by Gasteiger charge is 2.45. The zero-order valence-corrected chi connectivity index (χ0v) is 11.6. The SMILES string of the molecule is COCCCC1CCC[C@H]2c3ccccc3C(=O)[C@@H]12. The van der Waals surface area contributed by atoms with E-state index < -0.39 is 0 Å². The highest BCUT2D eigenvalue weighted by molar-refractivity contribution is 6.03. The summed E-state index contributed by atoms with van der Waals surface area (Å²) in [6, 6.07) is 8.24. The normalized spacial score (nSPS) is 29.1. The van der Waals surface area contributed by atoms with Crippen LogP contribution in [0.4, 0.5) is 0 Å². The molecule has 0 aliphatic heterocycles. The number of rotatable bonds is 4. The van der Waals surface area contributed by atoms with Crippen LogP contribution in [0.25, 0.3) is 0 Å². The minimum atomic E-state index is 0.253. The van der Waals surface area contributed by atoms with E-state index in [4.69, 9.17) is 4.74 Å². The van der Waals surface area contributed by atoms with E-state index in [1.165, 1.54) is 24.8 Å². The molecule has 3 atom stereocenters. The smallest absolute Gasteiger partial charge is 0.167 e. The van der Waals surface area contributed by atoms with Gasteiger partial charge in [-0.1, -0.05) is 30.7 Å². The van der Waals surface area contributed by atoms with Gasteiger partial charge in [-0.3, -0.25) is 4.79 Å². The van der Waals surface area contributed by atoms with E-state index in [2.05, 4.69) is 12.1 Å². The van der Waals surface area contributed by atoms with Crippen molar-refractivity contribution in [2.75, 3.05) is 13.7 Å². The van der Waals surface area contributed by atoms with Crippen molar-refractivity contribution in [1.29, 1.82) is 0 Å². The van der Waals surface area contributed by atoms with Crippen LogP contribution >= 0.6 is 0 Å². The third kappa shape index (κ3) is 2.23. The van der Waals surface area contributed by atoms with Crippen molar-refractivity contribution >= 4 is 5.78 Å². The lowest BCUT2D eigenvalue weighted by Gasteiger charge is -2.33. The highest BCUT2D eigenvalue weighted by atomic mass is 16.5. The first kappa shape index (κ1) is 12.9. The third-order valence-electron chi connectivity index (χ3n) is 4.88. The molecule has 1 aromatic carbocycles. The number of benzene rings is 1. The Kier molecular flexibility index (Phi) is 3.69. The van der Waals surface area contributed by atoms with Gasteiger partial charge in [-0.15, -0.1) is 0 Å². The Morgan fingerprint density at radius 1 is 1.26 bits per heavy atom. The maximum Gasteiger partial charge on any atom is 0.167 e. The van der Waals surface area contributed by atoms with Gasteiger partial charge in [0.1, 0.15) is 0 Å². The molecule has 0 radical (unpaired) electrons. The zero-order valence-electron chi connectivity index (χ0n) is 11.6. The fraction of sp³-hybridized carbons (Fsp3) is 0.588. The van der Waals surface area contributed by atoms with Crippen molar-refractivity contribution in [1.82, 2.24) is 0 Å². The molecule has 2 heteroatoms. The lowest BCUT2D eigenvalue weighted by molar-refractivity contribution is 0.0805. The lowest BCUT2D eigenvalue weighted by atomic mass is 9.70. The molecule has 0 bridgehead atoms. The van der Waals surface area contributed by atoms with Crippen molar-refractivity contribution in [3.63, 3.8) is 0 Å². The predicted molar refractivity (Wildman–Crippen MR) is 75.5 cm³/mol. The molecule has 1 unspecified atom stereocenters. The summed E-state index contributed by atoms with van der Waals surface area (Å²) < 4.78 is 5.15. The molecular formula is C17H22O2. The fourth-order valence-electron chi connectivity index (χ4n) is 4.07. The maximum atomic E-state index is 12.6. The van der Waals surface area contributed by atoms with Crippen molar-refractivity contribution in [2.45, 2.75) is 38.0 Å². The summed E-state index contributed by atoms with van der Waals surface area (Å²) in [6.07, 6.45) is 5.88. The topological polar surface area (TPSA) is 26.3 Å². The predicted octanol–water partition coefficient (Wildman–Crippen LogP) is 3.81. The summed E-state index contributed by atoms with van der Waals surface area (Å²) in [7, 11) is 1.75. The van der Waals surface area contributed by atoms with Crippen LogP contribution in [0.3, 0.4) is 0 Å². The van der Waals surface area contributed by atoms with Gasteiger partial charge < -0.3 is 4.74 Å².